The molecular weight excluding hydrogens is 310 g/mol. The molecule has 25 heavy (non-hydrogen) atoms. The van der Waals surface area contributed by atoms with Gasteiger partial charge in [-0.15, -0.1) is 0 Å². The standard InChI is InChI=1S/C21H17N3O/c1-2-7-15(8-3-1)21-24-19(17-10-4-5-11-20(17)25-21)13-18(23-24)16-9-6-12-22-14-16/h1-12,14,19,21H,13H2/t19-,21-/m1/s1. The number of pyridine rings is 1. The number of benzene rings is 2. The van der Waals surface area contributed by atoms with Crippen LogP contribution in [0.2, 0.25) is 0 Å². The lowest BCUT2D eigenvalue weighted by Crippen LogP contribution is -2.33. The predicted octanol–water partition coefficient (Wildman–Crippen LogP) is 4.32. The zero-order valence-corrected chi connectivity index (χ0v) is 13.6. The number of rotatable bonds is 2. The van der Waals surface area contributed by atoms with E-state index in [4.69, 9.17) is 9.84 Å². The van der Waals surface area contributed by atoms with E-state index < -0.39 is 0 Å². The lowest BCUT2D eigenvalue weighted by atomic mass is 9.96. The summed E-state index contributed by atoms with van der Waals surface area (Å²) in [5.74, 6) is 0.945. The second kappa shape index (κ2) is 5.74. The largest absolute Gasteiger partial charge is 0.464 e. The van der Waals surface area contributed by atoms with Crippen LogP contribution in [0.3, 0.4) is 0 Å². The molecule has 0 radical (unpaired) electrons. The maximum absolute atomic E-state index is 6.32. The van der Waals surface area contributed by atoms with Crippen molar-refractivity contribution < 1.29 is 4.74 Å². The fraction of sp³-hybridized carbons (Fsp3) is 0.143. The maximum Gasteiger partial charge on any atom is 0.213 e. The zero-order valence-electron chi connectivity index (χ0n) is 13.6. The van der Waals surface area contributed by atoms with Gasteiger partial charge in [-0.3, -0.25) is 4.98 Å². The minimum Gasteiger partial charge on any atom is -0.464 e. The van der Waals surface area contributed by atoms with Gasteiger partial charge in [-0.05, 0) is 12.1 Å². The van der Waals surface area contributed by atoms with Crippen LogP contribution in [0.1, 0.15) is 35.4 Å². The van der Waals surface area contributed by atoms with Crippen LogP contribution in [0, 0.1) is 0 Å². The van der Waals surface area contributed by atoms with E-state index in [9.17, 15) is 0 Å². The molecule has 122 valence electrons. The van der Waals surface area contributed by atoms with Crippen molar-refractivity contribution in [3.63, 3.8) is 0 Å². The summed E-state index contributed by atoms with van der Waals surface area (Å²) in [5, 5.41) is 7.02. The molecule has 0 aliphatic carbocycles. The number of hydrogen-bond acceptors (Lipinski definition) is 4. The highest BCUT2D eigenvalue weighted by atomic mass is 16.5. The third kappa shape index (κ3) is 2.38. The summed E-state index contributed by atoms with van der Waals surface area (Å²) in [7, 11) is 0. The third-order valence-corrected chi connectivity index (χ3v) is 4.78. The van der Waals surface area contributed by atoms with E-state index in [0.717, 1.165) is 29.0 Å². The first-order valence-corrected chi connectivity index (χ1v) is 8.47. The van der Waals surface area contributed by atoms with Crippen LogP contribution in [-0.2, 0) is 0 Å². The van der Waals surface area contributed by atoms with Gasteiger partial charge in [-0.25, -0.2) is 5.01 Å². The Morgan fingerprint density at radius 1 is 0.920 bits per heavy atom. The number of fused-ring (bicyclic) bond motifs is 3. The summed E-state index contributed by atoms with van der Waals surface area (Å²) >= 11 is 0. The lowest BCUT2D eigenvalue weighted by Gasteiger charge is -2.38. The summed E-state index contributed by atoms with van der Waals surface area (Å²) in [6.45, 7) is 0. The van der Waals surface area contributed by atoms with Crippen LogP contribution in [0.4, 0.5) is 0 Å². The molecule has 0 bridgehead atoms. The van der Waals surface area contributed by atoms with E-state index in [1.165, 1.54) is 5.56 Å². The quantitative estimate of drug-likeness (QED) is 0.703. The number of ether oxygens (including phenoxy) is 1. The molecule has 0 saturated heterocycles. The smallest absolute Gasteiger partial charge is 0.213 e. The Morgan fingerprint density at radius 2 is 1.76 bits per heavy atom. The molecule has 5 rings (SSSR count). The molecule has 0 N–H and O–H groups in total. The van der Waals surface area contributed by atoms with Crippen LogP contribution < -0.4 is 4.74 Å². The molecule has 0 spiro atoms. The Morgan fingerprint density at radius 3 is 2.60 bits per heavy atom. The summed E-state index contributed by atoms with van der Waals surface area (Å²) in [6, 6.07) is 22.7. The highest BCUT2D eigenvalue weighted by Gasteiger charge is 2.40. The second-order valence-corrected chi connectivity index (χ2v) is 6.31. The van der Waals surface area contributed by atoms with Crippen molar-refractivity contribution in [2.75, 3.05) is 0 Å². The minimum atomic E-state index is -0.213. The van der Waals surface area contributed by atoms with Gasteiger partial charge >= 0.3 is 0 Å². The van der Waals surface area contributed by atoms with Crippen molar-refractivity contribution in [1.29, 1.82) is 0 Å². The fourth-order valence-electron chi connectivity index (χ4n) is 3.58. The number of para-hydroxylation sites is 1. The van der Waals surface area contributed by atoms with Crippen LogP contribution in [0.5, 0.6) is 5.75 Å². The average Bonchev–Trinajstić information content (AvgIpc) is 3.14. The molecule has 1 aromatic heterocycles. The van der Waals surface area contributed by atoms with E-state index >= 15 is 0 Å². The molecule has 2 aromatic carbocycles. The van der Waals surface area contributed by atoms with Crippen LogP contribution in [0.25, 0.3) is 0 Å². The first kappa shape index (κ1) is 14.2. The average molecular weight is 327 g/mol. The van der Waals surface area contributed by atoms with Crippen molar-refractivity contribution in [2.24, 2.45) is 5.10 Å². The molecular formula is C21H17N3O. The van der Waals surface area contributed by atoms with Gasteiger partial charge in [0.15, 0.2) is 0 Å². The van der Waals surface area contributed by atoms with E-state index in [0.29, 0.717) is 0 Å². The Bertz CT molecular complexity index is 924. The van der Waals surface area contributed by atoms with Crippen LogP contribution in [-0.4, -0.2) is 15.7 Å². The highest BCUT2D eigenvalue weighted by molar-refractivity contribution is 6.01. The van der Waals surface area contributed by atoms with E-state index in [2.05, 4.69) is 40.3 Å². The van der Waals surface area contributed by atoms with Gasteiger partial charge in [-0.2, -0.15) is 5.10 Å². The summed E-state index contributed by atoms with van der Waals surface area (Å²) < 4.78 is 6.32. The molecule has 4 heteroatoms. The molecule has 2 atom stereocenters. The SMILES string of the molecule is c1ccc([C@H]2Oc3ccccc3[C@H]3CC(c4cccnc4)=NN32)cc1. The first-order chi connectivity index (χ1) is 12.4. The molecule has 0 amide bonds. The lowest BCUT2D eigenvalue weighted by molar-refractivity contribution is -0.0190. The predicted molar refractivity (Wildman–Crippen MR) is 96.2 cm³/mol. The van der Waals surface area contributed by atoms with Crippen molar-refractivity contribution >= 4 is 5.71 Å². The van der Waals surface area contributed by atoms with Gasteiger partial charge < -0.3 is 4.74 Å². The third-order valence-electron chi connectivity index (χ3n) is 4.78. The Kier molecular flexibility index (Phi) is 3.27. The molecule has 0 saturated carbocycles. The topological polar surface area (TPSA) is 37.7 Å². The van der Waals surface area contributed by atoms with Gasteiger partial charge in [0, 0.05) is 35.5 Å². The molecule has 2 aliphatic heterocycles. The normalized spacial score (nSPS) is 21.1. The first-order valence-electron chi connectivity index (χ1n) is 8.47. The van der Waals surface area contributed by atoms with Gasteiger partial charge in [0.2, 0.25) is 6.23 Å². The van der Waals surface area contributed by atoms with Crippen molar-refractivity contribution in [1.82, 2.24) is 9.99 Å². The molecule has 3 heterocycles. The number of nitrogens with zero attached hydrogens (tertiary/aromatic N) is 3. The maximum atomic E-state index is 6.32. The zero-order chi connectivity index (χ0) is 16.6. The molecule has 0 unspecified atom stereocenters. The summed E-state index contributed by atoms with van der Waals surface area (Å²) in [5.41, 5.74) is 4.43. The van der Waals surface area contributed by atoms with Gasteiger partial charge in [0.1, 0.15) is 5.75 Å². The Hall–Kier alpha value is -3.14. The van der Waals surface area contributed by atoms with Crippen LogP contribution in [0.15, 0.2) is 84.2 Å². The van der Waals surface area contributed by atoms with Crippen molar-refractivity contribution in [3.8, 4) is 5.75 Å². The second-order valence-electron chi connectivity index (χ2n) is 6.31. The number of aromatic nitrogens is 1. The van der Waals surface area contributed by atoms with E-state index in [1.54, 1.807) is 6.20 Å². The summed E-state index contributed by atoms with van der Waals surface area (Å²) in [6.07, 6.45) is 4.31. The van der Waals surface area contributed by atoms with E-state index in [1.807, 2.05) is 42.6 Å². The molecule has 3 aromatic rings. The van der Waals surface area contributed by atoms with Gasteiger partial charge in [0.25, 0.3) is 0 Å². The molecule has 0 fully saturated rings. The van der Waals surface area contributed by atoms with E-state index in [-0.39, 0.29) is 12.3 Å². The van der Waals surface area contributed by atoms with Crippen molar-refractivity contribution in [3.05, 3.63) is 95.8 Å². The Balaban J connectivity index is 1.61. The Labute approximate surface area is 146 Å². The molecule has 4 nitrogen and oxygen atoms in total. The number of hydrazone groups is 1. The fourth-order valence-corrected chi connectivity index (χ4v) is 3.58. The summed E-state index contributed by atoms with van der Waals surface area (Å²) in [4.78, 5) is 4.24. The monoisotopic (exact) mass is 327 g/mol. The van der Waals surface area contributed by atoms with Gasteiger partial charge in [-0.1, -0.05) is 54.6 Å². The van der Waals surface area contributed by atoms with Crippen molar-refractivity contribution in [2.45, 2.75) is 18.7 Å². The number of hydrogen-bond donors (Lipinski definition) is 0. The minimum absolute atomic E-state index is 0.186. The highest BCUT2D eigenvalue weighted by Crippen LogP contribution is 2.47. The van der Waals surface area contributed by atoms with Gasteiger partial charge in [0.05, 0.1) is 11.8 Å². The molecule has 2 aliphatic rings. The van der Waals surface area contributed by atoms with Crippen LogP contribution >= 0.6 is 0 Å².